The minimum absolute atomic E-state index is 0.0243. The Morgan fingerprint density at radius 3 is 2.48 bits per heavy atom. The average Bonchev–Trinajstić information content (AvgIpc) is 2.93. The van der Waals surface area contributed by atoms with Crippen LogP contribution in [0.2, 0.25) is 0 Å². The van der Waals surface area contributed by atoms with Gasteiger partial charge in [0, 0.05) is 12.6 Å². The Balaban J connectivity index is 0.000000924. The van der Waals surface area contributed by atoms with Gasteiger partial charge in [0.1, 0.15) is 5.01 Å². The summed E-state index contributed by atoms with van der Waals surface area (Å²) in [4.78, 5) is 5.62. The standard InChI is InChI=1S/C16H21N3OS.C2H6/c1-11-7-9-12(10-8-11)15-18-19(2)16(21-15)17-13-5-3-4-6-14(13)20;1-2/h7-10,13-14,20H,3-6H2,1-2H3;1-2H3. The summed E-state index contributed by atoms with van der Waals surface area (Å²) in [5, 5.41) is 15.6. The van der Waals surface area contributed by atoms with Gasteiger partial charge in [-0.25, -0.2) is 4.68 Å². The summed E-state index contributed by atoms with van der Waals surface area (Å²) in [5.74, 6) is 0. The van der Waals surface area contributed by atoms with E-state index in [4.69, 9.17) is 4.99 Å². The van der Waals surface area contributed by atoms with E-state index in [1.54, 1.807) is 11.3 Å². The highest BCUT2D eigenvalue weighted by molar-refractivity contribution is 7.12. The molecule has 1 aromatic carbocycles. The molecule has 1 heterocycles. The monoisotopic (exact) mass is 333 g/mol. The van der Waals surface area contributed by atoms with Crippen LogP contribution in [-0.4, -0.2) is 27.0 Å². The van der Waals surface area contributed by atoms with Crippen molar-refractivity contribution in [1.82, 2.24) is 9.78 Å². The fourth-order valence-corrected chi connectivity index (χ4v) is 3.61. The summed E-state index contributed by atoms with van der Waals surface area (Å²) in [6.07, 6.45) is 3.79. The number of aliphatic hydroxyl groups excluding tert-OH is 1. The normalized spacial score (nSPS) is 21.7. The van der Waals surface area contributed by atoms with Crippen molar-refractivity contribution < 1.29 is 5.11 Å². The van der Waals surface area contributed by atoms with E-state index in [2.05, 4.69) is 36.3 Å². The lowest BCUT2D eigenvalue weighted by Crippen LogP contribution is -2.30. The van der Waals surface area contributed by atoms with Gasteiger partial charge in [-0.15, -0.1) is 0 Å². The van der Waals surface area contributed by atoms with E-state index in [-0.39, 0.29) is 12.1 Å². The van der Waals surface area contributed by atoms with Gasteiger partial charge >= 0.3 is 0 Å². The Morgan fingerprint density at radius 2 is 1.83 bits per heavy atom. The van der Waals surface area contributed by atoms with Gasteiger partial charge in [-0.1, -0.05) is 67.9 Å². The molecule has 4 nitrogen and oxygen atoms in total. The van der Waals surface area contributed by atoms with Gasteiger partial charge in [0.25, 0.3) is 0 Å². The van der Waals surface area contributed by atoms with Gasteiger partial charge in [-0.05, 0) is 19.8 Å². The molecule has 0 aliphatic heterocycles. The highest BCUT2D eigenvalue weighted by atomic mass is 32.1. The summed E-state index contributed by atoms with van der Waals surface area (Å²) >= 11 is 1.59. The molecule has 1 aromatic heterocycles. The summed E-state index contributed by atoms with van der Waals surface area (Å²) in [6, 6.07) is 8.40. The lowest BCUT2D eigenvalue weighted by Gasteiger charge is -2.23. The summed E-state index contributed by atoms with van der Waals surface area (Å²) in [5.41, 5.74) is 2.36. The SMILES string of the molecule is CC.Cc1ccc(-c2nn(C)c(=NC3CCCCC3O)s2)cc1. The van der Waals surface area contributed by atoms with E-state index in [9.17, 15) is 5.11 Å². The van der Waals surface area contributed by atoms with E-state index in [1.165, 1.54) is 5.56 Å². The number of aryl methyl sites for hydroxylation is 2. The minimum Gasteiger partial charge on any atom is -0.391 e. The first-order chi connectivity index (χ1) is 11.1. The van der Waals surface area contributed by atoms with E-state index in [0.29, 0.717) is 0 Å². The smallest absolute Gasteiger partial charge is 0.203 e. The molecular weight excluding hydrogens is 306 g/mol. The summed E-state index contributed by atoms with van der Waals surface area (Å²) in [7, 11) is 1.92. The molecule has 1 fully saturated rings. The second kappa shape index (κ2) is 8.41. The van der Waals surface area contributed by atoms with Crippen LogP contribution >= 0.6 is 11.3 Å². The molecule has 0 spiro atoms. The van der Waals surface area contributed by atoms with Gasteiger partial charge < -0.3 is 5.11 Å². The zero-order valence-corrected chi connectivity index (χ0v) is 15.3. The molecule has 1 aliphatic rings. The number of rotatable bonds is 2. The van der Waals surface area contributed by atoms with Gasteiger partial charge in [0.15, 0.2) is 0 Å². The molecule has 126 valence electrons. The largest absolute Gasteiger partial charge is 0.391 e. The molecule has 1 saturated carbocycles. The quantitative estimate of drug-likeness (QED) is 0.911. The molecule has 2 aromatic rings. The lowest BCUT2D eigenvalue weighted by molar-refractivity contribution is 0.107. The van der Waals surface area contributed by atoms with Crippen molar-refractivity contribution in [3.8, 4) is 10.6 Å². The van der Waals surface area contributed by atoms with Gasteiger partial charge in [-0.2, -0.15) is 5.10 Å². The first-order valence-corrected chi connectivity index (χ1v) is 9.28. The zero-order chi connectivity index (χ0) is 16.8. The summed E-state index contributed by atoms with van der Waals surface area (Å²) in [6.45, 7) is 6.08. The highest BCUT2D eigenvalue weighted by Crippen LogP contribution is 2.22. The van der Waals surface area contributed by atoms with E-state index >= 15 is 0 Å². The number of hydrogen-bond acceptors (Lipinski definition) is 4. The second-order valence-electron chi connectivity index (χ2n) is 5.73. The Bertz CT molecular complexity index is 672. The molecule has 3 rings (SSSR count). The number of aromatic nitrogens is 2. The van der Waals surface area contributed by atoms with Crippen LogP contribution in [0.15, 0.2) is 29.3 Å². The van der Waals surface area contributed by atoms with Crippen molar-refractivity contribution in [2.24, 2.45) is 12.0 Å². The molecule has 2 unspecified atom stereocenters. The van der Waals surface area contributed by atoms with E-state index in [1.807, 2.05) is 25.6 Å². The molecule has 0 amide bonds. The second-order valence-corrected chi connectivity index (χ2v) is 6.68. The van der Waals surface area contributed by atoms with Crippen LogP contribution in [-0.2, 0) is 7.05 Å². The number of hydrogen-bond donors (Lipinski definition) is 1. The molecule has 0 bridgehead atoms. The molecular formula is C18H27N3OS. The van der Waals surface area contributed by atoms with Crippen molar-refractivity contribution >= 4 is 11.3 Å². The van der Waals surface area contributed by atoms with Crippen LogP contribution in [0.3, 0.4) is 0 Å². The average molecular weight is 334 g/mol. The fraction of sp³-hybridized carbons (Fsp3) is 0.556. The maximum absolute atomic E-state index is 10.1. The highest BCUT2D eigenvalue weighted by Gasteiger charge is 2.22. The Morgan fingerprint density at radius 1 is 1.17 bits per heavy atom. The third kappa shape index (κ3) is 4.52. The van der Waals surface area contributed by atoms with Crippen LogP contribution in [0.25, 0.3) is 10.6 Å². The molecule has 1 aliphatic carbocycles. The Hall–Kier alpha value is -1.46. The number of benzene rings is 1. The summed E-state index contributed by atoms with van der Waals surface area (Å²) < 4.78 is 1.82. The van der Waals surface area contributed by atoms with Crippen molar-refractivity contribution in [2.75, 3.05) is 0 Å². The first kappa shape index (κ1) is 17.9. The van der Waals surface area contributed by atoms with Crippen molar-refractivity contribution in [2.45, 2.75) is 58.6 Å². The Labute approximate surface area is 142 Å². The van der Waals surface area contributed by atoms with Gasteiger partial charge in [0.2, 0.25) is 4.80 Å². The van der Waals surface area contributed by atoms with Crippen LogP contribution in [0.5, 0.6) is 0 Å². The maximum atomic E-state index is 10.1. The lowest BCUT2D eigenvalue weighted by atomic mass is 9.93. The third-order valence-corrected chi connectivity index (χ3v) is 5.04. The molecule has 0 radical (unpaired) electrons. The molecule has 1 N–H and O–H groups in total. The van der Waals surface area contributed by atoms with Crippen molar-refractivity contribution in [1.29, 1.82) is 0 Å². The molecule has 23 heavy (non-hydrogen) atoms. The van der Waals surface area contributed by atoms with Crippen molar-refractivity contribution in [3.63, 3.8) is 0 Å². The predicted molar refractivity (Wildman–Crippen MR) is 96.4 cm³/mol. The maximum Gasteiger partial charge on any atom is 0.203 e. The molecule has 5 heteroatoms. The number of aliphatic hydroxyl groups is 1. The fourth-order valence-electron chi connectivity index (χ4n) is 2.66. The molecule has 2 atom stereocenters. The van der Waals surface area contributed by atoms with Gasteiger partial charge in [-0.3, -0.25) is 4.99 Å². The Kier molecular flexibility index (Phi) is 6.54. The third-order valence-electron chi connectivity index (χ3n) is 3.97. The van der Waals surface area contributed by atoms with Gasteiger partial charge in [0.05, 0.1) is 12.1 Å². The van der Waals surface area contributed by atoms with Crippen LogP contribution in [0, 0.1) is 6.92 Å². The minimum atomic E-state index is -0.302. The number of nitrogens with zero attached hydrogens (tertiary/aromatic N) is 3. The zero-order valence-electron chi connectivity index (χ0n) is 14.5. The topological polar surface area (TPSA) is 50.4 Å². The molecule has 0 saturated heterocycles. The van der Waals surface area contributed by atoms with E-state index < -0.39 is 0 Å². The van der Waals surface area contributed by atoms with Crippen LogP contribution in [0.1, 0.15) is 45.1 Å². The predicted octanol–water partition coefficient (Wildman–Crippen LogP) is 3.69. The van der Waals surface area contributed by atoms with Crippen molar-refractivity contribution in [3.05, 3.63) is 34.6 Å². The van der Waals surface area contributed by atoms with E-state index in [0.717, 1.165) is 41.1 Å². The van der Waals surface area contributed by atoms with Crippen LogP contribution < -0.4 is 4.80 Å². The van der Waals surface area contributed by atoms with Crippen LogP contribution in [0.4, 0.5) is 0 Å². The first-order valence-electron chi connectivity index (χ1n) is 8.46.